The Labute approximate surface area is 262 Å². The Bertz CT molecular complexity index is 642. The zero-order chi connectivity index (χ0) is 30.8. The molecular weight excluding hydrogens is 518 g/mol. The summed E-state index contributed by atoms with van der Waals surface area (Å²) in [6.45, 7) is 5.00. The van der Waals surface area contributed by atoms with E-state index in [-0.39, 0.29) is 11.8 Å². The van der Waals surface area contributed by atoms with Crippen molar-refractivity contribution in [1.82, 2.24) is 5.32 Å². The van der Waals surface area contributed by atoms with Crippen molar-refractivity contribution in [2.75, 3.05) is 6.54 Å². The Morgan fingerprint density at radius 3 is 1.33 bits per heavy atom. The van der Waals surface area contributed by atoms with E-state index in [1.165, 1.54) is 128 Å². The number of carboxylic acid groups (broad SMARTS) is 1. The van der Waals surface area contributed by atoms with Crippen LogP contribution in [0, 0.1) is 5.92 Å². The fourth-order valence-corrected chi connectivity index (χ4v) is 5.51. The zero-order valence-corrected chi connectivity index (χ0v) is 28.2. The molecule has 246 valence electrons. The first-order valence-corrected chi connectivity index (χ1v) is 18.4. The number of amides is 1. The minimum absolute atomic E-state index is 0.0707. The Morgan fingerprint density at radius 2 is 0.905 bits per heavy atom. The predicted octanol–water partition coefficient (Wildman–Crippen LogP) is 11.9. The van der Waals surface area contributed by atoms with E-state index in [1.807, 2.05) is 0 Å². The second kappa shape index (κ2) is 33.9. The maximum atomic E-state index is 12.2. The van der Waals surface area contributed by atoms with Crippen LogP contribution >= 0.6 is 0 Å². The van der Waals surface area contributed by atoms with Crippen molar-refractivity contribution in [3.05, 3.63) is 24.3 Å². The van der Waals surface area contributed by atoms with Crippen LogP contribution in [-0.4, -0.2) is 23.5 Å². The SMILES string of the molecule is CCCCCCCC/C=C\CCCCCCCC(=O)NCCC(CCCCCC/C=C\CCCCCCCC)C(=O)O. The third-order valence-electron chi connectivity index (χ3n) is 8.39. The fourth-order valence-electron chi connectivity index (χ4n) is 5.51. The molecule has 42 heavy (non-hydrogen) atoms. The van der Waals surface area contributed by atoms with E-state index in [0.29, 0.717) is 25.8 Å². The average molecular weight is 590 g/mol. The monoisotopic (exact) mass is 590 g/mol. The van der Waals surface area contributed by atoms with Gasteiger partial charge in [-0.05, 0) is 70.6 Å². The van der Waals surface area contributed by atoms with Gasteiger partial charge in [-0.25, -0.2) is 0 Å². The highest BCUT2D eigenvalue weighted by Crippen LogP contribution is 2.16. The number of carboxylic acids is 1. The summed E-state index contributed by atoms with van der Waals surface area (Å²) in [4.78, 5) is 23.8. The standard InChI is InChI=1S/C38H71NO3/c1-3-5-7-9-11-13-15-17-19-21-23-25-27-29-31-33-37(40)39-35-34-36(38(41)42)32-30-28-26-24-22-20-18-16-14-12-10-8-6-4-2/h17-20,36H,3-16,21-35H2,1-2H3,(H,39,40)(H,41,42)/b19-17-,20-18-. The summed E-state index contributed by atoms with van der Waals surface area (Å²) in [6, 6.07) is 0. The van der Waals surface area contributed by atoms with Crippen LogP contribution in [0.4, 0.5) is 0 Å². The molecule has 1 amide bonds. The van der Waals surface area contributed by atoms with Gasteiger partial charge in [0.25, 0.3) is 0 Å². The molecule has 0 saturated carbocycles. The van der Waals surface area contributed by atoms with E-state index in [4.69, 9.17) is 0 Å². The van der Waals surface area contributed by atoms with Crippen molar-refractivity contribution >= 4 is 11.9 Å². The summed E-state index contributed by atoms with van der Waals surface area (Å²) in [5.41, 5.74) is 0. The molecule has 0 fully saturated rings. The van der Waals surface area contributed by atoms with Crippen LogP contribution in [0.15, 0.2) is 24.3 Å². The van der Waals surface area contributed by atoms with Gasteiger partial charge >= 0.3 is 5.97 Å². The fraction of sp³-hybridized carbons (Fsp3) is 0.842. The molecule has 0 radical (unpaired) electrons. The molecule has 2 N–H and O–H groups in total. The summed E-state index contributed by atoms with van der Waals surface area (Å²) in [6.07, 6.45) is 42.3. The van der Waals surface area contributed by atoms with E-state index in [0.717, 1.165) is 32.1 Å². The lowest BCUT2D eigenvalue weighted by Crippen LogP contribution is -2.27. The molecule has 0 aromatic rings. The number of nitrogens with one attached hydrogen (secondary N) is 1. The smallest absolute Gasteiger partial charge is 0.306 e. The summed E-state index contributed by atoms with van der Waals surface area (Å²) < 4.78 is 0. The van der Waals surface area contributed by atoms with E-state index in [2.05, 4.69) is 43.5 Å². The minimum Gasteiger partial charge on any atom is -0.481 e. The number of hydrogen-bond acceptors (Lipinski definition) is 2. The van der Waals surface area contributed by atoms with Gasteiger partial charge in [-0.1, -0.05) is 141 Å². The molecule has 0 aliphatic carbocycles. The average Bonchev–Trinajstić information content (AvgIpc) is 2.98. The first kappa shape index (κ1) is 40.4. The van der Waals surface area contributed by atoms with Crippen LogP contribution in [0.5, 0.6) is 0 Å². The van der Waals surface area contributed by atoms with Crippen LogP contribution in [0.25, 0.3) is 0 Å². The van der Waals surface area contributed by atoms with Gasteiger partial charge < -0.3 is 10.4 Å². The lowest BCUT2D eigenvalue weighted by molar-refractivity contribution is -0.142. The molecule has 0 aliphatic rings. The van der Waals surface area contributed by atoms with Gasteiger partial charge in [0.15, 0.2) is 0 Å². The van der Waals surface area contributed by atoms with Gasteiger partial charge in [-0.15, -0.1) is 0 Å². The largest absolute Gasteiger partial charge is 0.481 e. The maximum absolute atomic E-state index is 12.2. The number of hydrogen-bond donors (Lipinski definition) is 2. The third kappa shape index (κ3) is 31.4. The van der Waals surface area contributed by atoms with Crippen molar-refractivity contribution in [1.29, 1.82) is 0 Å². The molecule has 0 rings (SSSR count). The molecule has 0 heterocycles. The first-order chi connectivity index (χ1) is 20.6. The van der Waals surface area contributed by atoms with Crippen LogP contribution in [0.3, 0.4) is 0 Å². The summed E-state index contributed by atoms with van der Waals surface area (Å²) >= 11 is 0. The highest BCUT2D eigenvalue weighted by Gasteiger charge is 2.16. The van der Waals surface area contributed by atoms with Gasteiger partial charge in [0, 0.05) is 13.0 Å². The number of rotatable bonds is 33. The van der Waals surface area contributed by atoms with E-state index < -0.39 is 5.97 Å². The molecule has 1 unspecified atom stereocenters. The molecule has 0 spiro atoms. The topological polar surface area (TPSA) is 66.4 Å². The van der Waals surface area contributed by atoms with Gasteiger partial charge in [0.1, 0.15) is 0 Å². The normalized spacial score (nSPS) is 12.4. The lowest BCUT2D eigenvalue weighted by atomic mass is 9.97. The lowest BCUT2D eigenvalue weighted by Gasteiger charge is -2.13. The second-order valence-corrected chi connectivity index (χ2v) is 12.5. The Balaban J connectivity index is 3.58. The number of carbonyl (C=O) groups is 2. The molecule has 0 aromatic heterocycles. The van der Waals surface area contributed by atoms with Crippen molar-refractivity contribution < 1.29 is 14.7 Å². The second-order valence-electron chi connectivity index (χ2n) is 12.5. The van der Waals surface area contributed by atoms with Crippen LogP contribution in [0.2, 0.25) is 0 Å². The highest BCUT2D eigenvalue weighted by molar-refractivity contribution is 5.76. The zero-order valence-electron chi connectivity index (χ0n) is 28.2. The summed E-state index contributed by atoms with van der Waals surface area (Å²) in [5.74, 6) is -0.997. The number of carbonyl (C=O) groups excluding carboxylic acids is 1. The molecule has 0 aliphatic heterocycles. The van der Waals surface area contributed by atoms with Crippen LogP contribution in [-0.2, 0) is 9.59 Å². The predicted molar refractivity (Wildman–Crippen MR) is 183 cm³/mol. The van der Waals surface area contributed by atoms with Crippen LogP contribution in [0.1, 0.15) is 194 Å². The Hall–Kier alpha value is -1.58. The van der Waals surface area contributed by atoms with Gasteiger partial charge in [0.2, 0.25) is 5.91 Å². The quantitative estimate of drug-likeness (QED) is 0.0591. The Morgan fingerprint density at radius 1 is 0.524 bits per heavy atom. The van der Waals surface area contributed by atoms with Crippen molar-refractivity contribution in [3.63, 3.8) is 0 Å². The van der Waals surface area contributed by atoms with Gasteiger partial charge in [0.05, 0.1) is 5.92 Å². The van der Waals surface area contributed by atoms with Crippen molar-refractivity contribution in [2.24, 2.45) is 5.92 Å². The van der Waals surface area contributed by atoms with E-state index >= 15 is 0 Å². The van der Waals surface area contributed by atoms with Crippen molar-refractivity contribution in [2.45, 2.75) is 194 Å². The van der Waals surface area contributed by atoms with Crippen LogP contribution < -0.4 is 5.32 Å². The molecule has 0 saturated heterocycles. The number of allylic oxidation sites excluding steroid dienone is 4. The highest BCUT2D eigenvalue weighted by atomic mass is 16.4. The molecule has 4 heteroatoms. The van der Waals surface area contributed by atoms with Crippen molar-refractivity contribution in [3.8, 4) is 0 Å². The molecular formula is C38H71NO3. The third-order valence-corrected chi connectivity index (χ3v) is 8.39. The molecule has 0 aromatic carbocycles. The summed E-state index contributed by atoms with van der Waals surface area (Å²) in [7, 11) is 0. The molecule has 0 bridgehead atoms. The van der Waals surface area contributed by atoms with Gasteiger partial charge in [-0.2, -0.15) is 0 Å². The maximum Gasteiger partial charge on any atom is 0.306 e. The first-order valence-electron chi connectivity index (χ1n) is 18.4. The molecule has 1 atom stereocenters. The number of unbranched alkanes of at least 4 members (excludes halogenated alkanes) is 21. The van der Waals surface area contributed by atoms with E-state index in [1.54, 1.807) is 0 Å². The van der Waals surface area contributed by atoms with Gasteiger partial charge in [-0.3, -0.25) is 9.59 Å². The minimum atomic E-state index is -0.723. The Kier molecular flexibility index (Phi) is 32.6. The number of aliphatic carboxylic acids is 1. The molecule has 4 nitrogen and oxygen atoms in total. The summed E-state index contributed by atoms with van der Waals surface area (Å²) in [5, 5.41) is 12.5. The van der Waals surface area contributed by atoms with E-state index in [9.17, 15) is 14.7 Å².